The maximum Gasteiger partial charge on any atom is 0.298 e. The van der Waals surface area contributed by atoms with Gasteiger partial charge < -0.3 is 4.42 Å². The lowest BCUT2D eigenvalue weighted by Crippen LogP contribution is -1.94. The molecule has 0 aliphatic carbocycles. The predicted octanol–water partition coefficient (Wildman–Crippen LogP) is 4.20. The minimum Gasteiger partial charge on any atom is -0.454 e. The highest BCUT2D eigenvalue weighted by molar-refractivity contribution is 6.29. The Bertz CT molecular complexity index is 832. The van der Waals surface area contributed by atoms with E-state index < -0.39 is 10.7 Å². The maximum absolute atomic E-state index is 13.1. The van der Waals surface area contributed by atoms with Crippen LogP contribution in [0, 0.1) is 15.9 Å². The Morgan fingerprint density at radius 1 is 1.25 bits per heavy atom. The maximum atomic E-state index is 13.1. The summed E-state index contributed by atoms with van der Waals surface area (Å²) < 4.78 is 18.6. The number of hydrogen-bond donors (Lipinski definition) is 0. The van der Waals surface area contributed by atoms with E-state index in [1.54, 1.807) is 0 Å². The van der Waals surface area contributed by atoms with Crippen molar-refractivity contribution in [2.75, 3.05) is 0 Å². The number of benzene rings is 1. The topological polar surface area (TPSA) is 69.2 Å². The molecular weight excluding hydrogens is 287 g/mol. The molecule has 1 aromatic carbocycles. The van der Waals surface area contributed by atoms with Gasteiger partial charge in [-0.3, -0.25) is 10.1 Å². The van der Waals surface area contributed by atoms with Crippen LogP contribution in [0.5, 0.6) is 0 Å². The van der Waals surface area contributed by atoms with Crippen LogP contribution in [0.25, 0.3) is 22.4 Å². The monoisotopic (exact) mass is 292 g/mol. The number of hydrogen-bond acceptors (Lipinski definition) is 4. The van der Waals surface area contributed by atoms with Gasteiger partial charge in [0.05, 0.1) is 4.92 Å². The molecule has 0 amide bonds. The van der Waals surface area contributed by atoms with Gasteiger partial charge in [0, 0.05) is 11.5 Å². The first kappa shape index (κ1) is 12.6. The highest BCUT2D eigenvalue weighted by atomic mass is 35.5. The average Bonchev–Trinajstić information content (AvgIpc) is 2.81. The molecule has 2 heterocycles. The van der Waals surface area contributed by atoms with Crippen LogP contribution in [0.15, 0.2) is 40.8 Å². The third-order valence-corrected chi connectivity index (χ3v) is 2.96. The third kappa shape index (κ3) is 2.10. The van der Waals surface area contributed by atoms with Crippen LogP contribution < -0.4 is 0 Å². The Morgan fingerprint density at radius 3 is 2.80 bits per heavy atom. The Morgan fingerprint density at radius 2 is 2.05 bits per heavy atom. The van der Waals surface area contributed by atoms with Crippen LogP contribution in [-0.4, -0.2) is 9.91 Å². The number of furan rings is 1. The minimum absolute atomic E-state index is 0.0131. The molecule has 0 N–H and O–H groups in total. The molecule has 0 saturated heterocycles. The Hall–Kier alpha value is -2.47. The second kappa shape index (κ2) is 4.57. The molecule has 0 fully saturated rings. The van der Waals surface area contributed by atoms with Crippen molar-refractivity contribution >= 4 is 28.3 Å². The lowest BCUT2D eigenvalue weighted by atomic mass is 10.2. The molecule has 20 heavy (non-hydrogen) atoms. The largest absolute Gasteiger partial charge is 0.454 e. The summed E-state index contributed by atoms with van der Waals surface area (Å²) in [5, 5.41) is 11.6. The molecule has 0 bridgehead atoms. The first-order chi connectivity index (χ1) is 9.54. The van der Waals surface area contributed by atoms with Crippen molar-refractivity contribution in [1.82, 2.24) is 4.98 Å². The first-order valence-electron chi connectivity index (χ1n) is 5.55. The summed E-state index contributed by atoms with van der Waals surface area (Å²) in [6.07, 6.45) is 0. The quantitative estimate of drug-likeness (QED) is 0.403. The fraction of sp³-hybridized carbons (Fsp3) is 0. The van der Waals surface area contributed by atoms with Crippen molar-refractivity contribution in [1.29, 1.82) is 0 Å². The molecule has 0 unspecified atom stereocenters. The normalized spacial score (nSPS) is 10.9. The molecule has 0 radical (unpaired) electrons. The van der Waals surface area contributed by atoms with Gasteiger partial charge in [-0.05, 0) is 30.3 Å². The molecule has 0 spiro atoms. The van der Waals surface area contributed by atoms with Gasteiger partial charge in [0.2, 0.25) is 0 Å². The van der Waals surface area contributed by atoms with E-state index in [-0.39, 0.29) is 22.3 Å². The summed E-state index contributed by atoms with van der Waals surface area (Å²) in [6, 6.07) is 8.03. The lowest BCUT2D eigenvalue weighted by Gasteiger charge is -1.98. The van der Waals surface area contributed by atoms with Crippen LogP contribution in [0.1, 0.15) is 0 Å². The molecule has 7 heteroatoms. The Kier molecular flexibility index (Phi) is 2.87. The van der Waals surface area contributed by atoms with Gasteiger partial charge in [-0.1, -0.05) is 11.6 Å². The van der Waals surface area contributed by atoms with Crippen LogP contribution in [0.2, 0.25) is 5.15 Å². The van der Waals surface area contributed by atoms with E-state index in [2.05, 4.69) is 4.98 Å². The lowest BCUT2D eigenvalue weighted by molar-refractivity contribution is -0.384. The molecule has 3 rings (SSSR count). The molecule has 3 aromatic rings. The second-order valence-corrected chi connectivity index (χ2v) is 4.44. The van der Waals surface area contributed by atoms with Crippen LogP contribution in [-0.2, 0) is 0 Å². The van der Waals surface area contributed by atoms with Crippen LogP contribution in [0.3, 0.4) is 0 Å². The van der Waals surface area contributed by atoms with E-state index in [0.29, 0.717) is 11.0 Å². The van der Waals surface area contributed by atoms with Gasteiger partial charge >= 0.3 is 0 Å². The predicted molar refractivity (Wildman–Crippen MR) is 71.1 cm³/mol. The van der Waals surface area contributed by atoms with Crippen molar-refractivity contribution in [2.45, 2.75) is 0 Å². The molecule has 0 aliphatic heterocycles. The van der Waals surface area contributed by atoms with Crippen molar-refractivity contribution in [3.8, 4) is 11.5 Å². The fourth-order valence-electron chi connectivity index (χ4n) is 1.89. The zero-order valence-electron chi connectivity index (χ0n) is 9.84. The van der Waals surface area contributed by atoms with E-state index in [1.807, 2.05) is 0 Å². The van der Waals surface area contributed by atoms with Crippen molar-refractivity contribution in [3.05, 3.63) is 57.5 Å². The number of rotatable bonds is 2. The van der Waals surface area contributed by atoms with Crippen LogP contribution in [0.4, 0.5) is 10.1 Å². The van der Waals surface area contributed by atoms with E-state index >= 15 is 0 Å². The van der Waals surface area contributed by atoms with Gasteiger partial charge in [-0.15, -0.1) is 0 Å². The summed E-state index contributed by atoms with van der Waals surface area (Å²) in [5.74, 6) is -0.252. The molecule has 0 atom stereocenters. The number of halogens is 2. The van der Waals surface area contributed by atoms with E-state index in [1.165, 1.54) is 36.4 Å². The summed E-state index contributed by atoms with van der Waals surface area (Å²) in [7, 11) is 0. The standard InChI is InChI=1S/C13H6ClFN2O3/c14-12-4-2-9(17(18)19)13(16-12)11-6-7-5-8(15)1-3-10(7)20-11/h1-6H. The highest BCUT2D eigenvalue weighted by Gasteiger charge is 2.21. The summed E-state index contributed by atoms with van der Waals surface area (Å²) in [4.78, 5) is 14.3. The van der Waals surface area contributed by atoms with E-state index in [9.17, 15) is 14.5 Å². The number of aromatic nitrogens is 1. The van der Waals surface area contributed by atoms with Crippen molar-refractivity contribution in [3.63, 3.8) is 0 Å². The minimum atomic E-state index is -0.577. The number of fused-ring (bicyclic) bond motifs is 1. The molecule has 100 valence electrons. The Balaban J connectivity index is 2.24. The fourth-order valence-corrected chi connectivity index (χ4v) is 2.04. The van der Waals surface area contributed by atoms with Gasteiger partial charge in [-0.2, -0.15) is 0 Å². The summed E-state index contributed by atoms with van der Waals surface area (Å²) >= 11 is 5.76. The van der Waals surface area contributed by atoms with Crippen LogP contribution >= 0.6 is 11.6 Å². The van der Waals surface area contributed by atoms with Crippen molar-refractivity contribution in [2.24, 2.45) is 0 Å². The summed E-state index contributed by atoms with van der Waals surface area (Å²) in [5.41, 5.74) is 0.200. The molecule has 0 aliphatic rings. The zero-order valence-corrected chi connectivity index (χ0v) is 10.6. The highest BCUT2D eigenvalue weighted by Crippen LogP contribution is 2.33. The van der Waals surface area contributed by atoms with Gasteiger partial charge in [0.1, 0.15) is 16.6 Å². The molecule has 5 nitrogen and oxygen atoms in total. The first-order valence-corrected chi connectivity index (χ1v) is 5.93. The second-order valence-electron chi connectivity index (χ2n) is 4.05. The summed E-state index contributed by atoms with van der Waals surface area (Å²) in [6.45, 7) is 0. The molecule has 0 saturated carbocycles. The van der Waals surface area contributed by atoms with Gasteiger partial charge in [0.15, 0.2) is 11.5 Å². The number of nitro groups is 1. The number of pyridine rings is 1. The zero-order chi connectivity index (χ0) is 14.3. The molecular formula is C13H6ClFN2O3. The van der Waals surface area contributed by atoms with E-state index in [0.717, 1.165) is 0 Å². The van der Waals surface area contributed by atoms with Gasteiger partial charge in [0.25, 0.3) is 5.69 Å². The van der Waals surface area contributed by atoms with E-state index in [4.69, 9.17) is 16.0 Å². The number of nitrogens with zero attached hydrogens (tertiary/aromatic N) is 2. The smallest absolute Gasteiger partial charge is 0.298 e. The Labute approximate surface area is 116 Å². The van der Waals surface area contributed by atoms with Crippen molar-refractivity contribution < 1.29 is 13.7 Å². The third-order valence-electron chi connectivity index (χ3n) is 2.75. The average molecular weight is 293 g/mol. The SMILES string of the molecule is O=[N+]([O-])c1ccc(Cl)nc1-c1cc2cc(F)ccc2o1. The molecule has 2 aromatic heterocycles. The van der Waals surface area contributed by atoms with Gasteiger partial charge in [-0.25, -0.2) is 9.37 Å².